The predicted octanol–water partition coefficient (Wildman–Crippen LogP) is 3.49. The smallest absolute Gasteiger partial charge is 0.326 e. The largest absolute Gasteiger partial charge is 0.370 e. The molecular formula is C19H28N6O. The first-order valence-corrected chi connectivity index (χ1v) is 8.81. The molecule has 2 aromatic rings. The zero-order valence-corrected chi connectivity index (χ0v) is 16.0. The maximum Gasteiger partial charge on any atom is 0.326 e. The Labute approximate surface area is 155 Å². The summed E-state index contributed by atoms with van der Waals surface area (Å²) in [6, 6.07) is 9.12. The highest BCUT2D eigenvalue weighted by molar-refractivity contribution is 5.98. The van der Waals surface area contributed by atoms with Crippen LogP contribution in [0.4, 0.5) is 22.2 Å². The van der Waals surface area contributed by atoms with E-state index in [1.54, 1.807) is 0 Å². The fraction of sp³-hybridized carbons (Fsp3) is 0.421. The SMILES string of the molecule is Cc1cccc(NC(=O)Nc2nc(C)cc(NCCCCN(C)C)n2)c1. The number of carbonyl (C=O) groups excluding carboxylic acids is 1. The lowest BCUT2D eigenvalue weighted by molar-refractivity contribution is 0.262. The number of benzene rings is 1. The zero-order valence-electron chi connectivity index (χ0n) is 16.0. The van der Waals surface area contributed by atoms with Crippen molar-refractivity contribution in [2.75, 3.05) is 43.1 Å². The van der Waals surface area contributed by atoms with Crippen molar-refractivity contribution >= 4 is 23.5 Å². The molecule has 2 amide bonds. The second-order valence-electron chi connectivity index (χ2n) is 6.60. The lowest BCUT2D eigenvalue weighted by atomic mass is 10.2. The summed E-state index contributed by atoms with van der Waals surface area (Å²) >= 11 is 0. The Hall–Kier alpha value is -2.67. The molecule has 0 aliphatic carbocycles. The van der Waals surface area contributed by atoms with Gasteiger partial charge in [-0.25, -0.2) is 9.78 Å². The summed E-state index contributed by atoms with van der Waals surface area (Å²) in [5.41, 5.74) is 2.60. The number of anilines is 3. The van der Waals surface area contributed by atoms with Crippen LogP contribution in [-0.4, -0.2) is 48.1 Å². The minimum Gasteiger partial charge on any atom is -0.370 e. The molecule has 0 saturated heterocycles. The number of aromatic nitrogens is 2. The topological polar surface area (TPSA) is 82.2 Å². The number of nitrogens with zero attached hydrogens (tertiary/aromatic N) is 3. The average Bonchev–Trinajstić information content (AvgIpc) is 2.53. The molecule has 7 heteroatoms. The van der Waals surface area contributed by atoms with Gasteiger partial charge in [0.05, 0.1) is 0 Å². The van der Waals surface area contributed by atoms with Gasteiger partial charge in [-0.15, -0.1) is 0 Å². The Balaban J connectivity index is 1.88. The van der Waals surface area contributed by atoms with Crippen LogP contribution in [0.2, 0.25) is 0 Å². The van der Waals surface area contributed by atoms with Crippen molar-refractivity contribution in [3.63, 3.8) is 0 Å². The van der Waals surface area contributed by atoms with Crippen LogP contribution in [0.1, 0.15) is 24.1 Å². The monoisotopic (exact) mass is 356 g/mol. The molecule has 7 nitrogen and oxygen atoms in total. The summed E-state index contributed by atoms with van der Waals surface area (Å²) in [4.78, 5) is 23.0. The molecule has 1 aromatic carbocycles. The first kappa shape index (κ1) is 19.7. The van der Waals surface area contributed by atoms with E-state index in [1.165, 1.54) is 0 Å². The van der Waals surface area contributed by atoms with Crippen LogP contribution < -0.4 is 16.0 Å². The first-order chi connectivity index (χ1) is 12.4. The second-order valence-corrected chi connectivity index (χ2v) is 6.60. The summed E-state index contributed by atoms with van der Waals surface area (Å²) in [5, 5.41) is 8.76. The van der Waals surface area contributed by atoms with Gasteiger partial charge in [0.1, 0.15) is 5.82 Å². The molecule has 0 fully saturated rings. The molecular weight excluding hydrogens is 328 g/mol. The minimum atomic E-state index is -0.363. The highest BCUT2D eigenvalue weighted by Crippen LogP contribution is 2.12. The van der Waals surface area contributed by atoms with Crippen molar-refractivity contribution in [3.8, 4) is 0 Å². The van der Waals surface area contributed by atoms with Gasteiger partial charge in [-0.2, -0.15) is 4.98 Å². The molecule has 0 radical (unpaired) electrons. The van der Waals surface area contributed by atoms with Crippen molar-refractivity contribution in [3.05, 3.63) is 41.6 Å². The number of amides is 2. The van der Waals surface area contributed by atoms with Crippen molar-refractivity contribution in [1.82, 2.24) is 14.9 Å². The van der Waals surface area contributed by atoms with Crippen molar-refractivity contribution in [2.45, 2.75) is 26.7 Å². The van der Waals surface area contributed by atoms with Crippen LogP contribution >= 0.6 is 0 Å². The third-order valence-corrected chi connectivity index (χ3v) is 3.69. The molecule has 0 unspecified atom stereocenters. The molecule has 3 N–H and O–H groups in total. The van der Waals surface area contributed by atoms with E-state index >= 15 is 0 Å². The number of urea groups is 1. The van der Waals surface area contributed by atoms with Crippen LogP contribution in [0, 0.1) is 13.8 Å². The van der Waals surface area contributed by atoms with Gasteiger partial charge in [-0.05, 0) is 65.0 Å². The van der Waals surface area contributed by atoms with Gasteiger partial charge < -0.3 is 15.5 Å². The quantitative estimate of drug-likeness (QED) is 0.631. The van der Waals surface area contributed by atoms with Gasteiger partial charge in [0.25, 0.3) is 0 Å². The van der Waals surface area contributed by atoms with Gasteiger partial charge in [-0.3, -0.25) is 5.32 Å². The Morgan fingerprint density at radius 3 is 2.62 bits per heavy atom. The molecule has 0 bridgehead atoms. The van der Waals surface area contributed by atoms with E-state index in [-0.39, 0.29) is 12.0 Å². The molecule has 1 heterocycles. The van der Waals surface area contributed by atoms with Crippen molar-refractivity contribution < 1.29 is 4.79 Å². The van der Waals surface area contributed by atoms with E-state index < -0.39 is 0 Å². The van der Waals surface area contributed by atoms with Gasteiger partial charge in [0.2, 0.25) is 5.95 Å². The maximum atomic E-state index is 12.2. The van der Waals surface area contributed by atoms with Gasteiger partial charge in [-0.1, -0.05) is 12.1 Å². The predicted molar refractivity (Wildman–Crippen MR) is 107 cm³/mol. The number of hydrogen-bond acceptors (Lipinski definition) is 5. The fourth-order valence-electron chi connectivity index (χ4n) is 2.47. The highest BCUT2D eigenvalue weighted by atomic mass is 16.2. The van der Waals surface area contributed by atoms with Gasteiger partial charge in [0.15, 0.2) is 0 Å². The van der Waals surface area contributed by atoms with Crippen LogP contribution in [0.5, 0.6) is 0 Å². The first-order valence-electron chi connectivity index (χ1n) is 8.81. The third kappa shape index (κ3) is 7.06. The van der Waals surface area contributed by atoms with E-state index in [2.05, 4.69) is 44.9 Å². The second kappa shape index (κ2) is 9.72. The molecule has 0 saturated carbocycles. The molecule has 0 atom stereocenters. The van der Waals surface area contributed by atoms with Crippen LogP contribution in [0.3, 0.4) is 0 Å². The van der Waals surface area contributed by atoms with Gasteiger partial charge >= 0.3 is 6.03 Å². The van der Waals surface area contributed by atoms with E-state index in [0.29, 0.717) is 5.82 Å². The van der Waals surface area contributed by atoms with E-state index in [4.69, 9.17) is 0 Å². The molecule has 26 heavy (non-hydrogen) atoms. The van der Waals surface area contributed by atoms with E-state index in [9.17, 15) is 4.79 Å². The van der Waals surface area contributed by atoms with Crippen molar-refractivity contribution in [1.29, 1.82) is 0 Å². The molecule has 0 aliphatic rings. The van der Waals surface area contributed by atoms with E-state index in [0.717, 1.165) is 42.9 Å². The number of nitrogens with one attached hydrogen (secondary N) is 3. The van der Waals surface area contributed by atoms with Crippen LogP contribution in [-0.2, 0) is 0 Å². The molecule has 0 aliphatic heterocycles. The minimum absolute atomic E-state index is 0.283. The number of carbonyl (C=O) groups is 1. The zero-order chi connectivity index (χ0) is 18.9. The Morgan fingerprint density at radius 1 is 1.08 bits per heavy atom. The molecule has 140 valence electrons. The molecule has 0 spiro atoms. The van der Waals surface area contributed by atoms with Crippen LogP contribution in [0.25, 0.3) is 0 Å². The lowest BCUT2D eigenvalue weighted by Crippen LogP contribution is -2.21. The normalized spacial score (nSPS) is 10.7. The third-order valence-electron chi connectivity index (χ3n) is 3.69. The van der Waals surface area contributed by atoms with E-state index in [1.807, 2.05) is 44.2 Å². The summed E-state index contributed by atoms with van der Waals surface area (Å²) in [5.74, 6) is 0.999. The average molecular weight is 356 g/mol. The maximum absolute atomic E-state index is 12.2. The fourth-order valence-corrected chi connectivity index (χ4v) is 2.47. The number of hydrogen-bond donors (Lipinski definition) is 3. The Morgan fingerprint density at radius 2 is 1.88 bits per heavy atom. The number of unbranched alkanes of at least 4 members (excludes halogenated alkanes) is 1. The molecule has 1 aromatic heterocycles. The highest BCUT2D eigenvalue weighted by Gasteiger charge is 2.07. The number of rotatable bonds is 8. The summed E-state index contributed by atoms with van der Waals surface area (Å²) in [6.45, 7) is 5.75. The van der Waals surface area contributed by atoms with Gasteiger partial charge in [0, 0.05) is 24.0 Å². The Kier molecular flexibility index (Phi) is 7.35. The lowest BCUT2D eigenvalue weighted by Gasteiger charge is -2.11. The summed E-state index contributed by atoms with van der Waals surface area (Å²) < 4.78 is 0. The van der Waals surface area contributed by atoms with Crippen molar-refractivity contribution in [2.24, 2.45) is 0 Å². The molecule has 2 rings (SSSR count). The standard InChI is InChI=1S/C19H28N6O/c1-14-8-7-9-16(12-14)22-19(26)24-18-21-15(2)13-17(23-18)20-10-5-6-11-25(3)4/h7-9,12-13H,5-6,10-11H2,1-4H3,(H3,20,21,22,23,24,26). The summed E-state index contributed by atoms with van der Waals surface area (Å²) in [7, 11) is 4.14. The number of aryl methyl sites for hydroxylation is 2. The summed E-state index contributed by atoms with van der Waals surface area (Å²) in [6.07, 6.45) is 2.17. The van der Waals surface area contributed by atoms with Crippen LogP contribution in [0.15, 0.2) is 30.3 Å². The Bertz CT molecular complexity index is 732.